The van der Waals surface area contributed by atoms with Crippen LogP contribution in [0.25, 0.3) is 0 Å². The van der Waals surface area contributed by atoms with Crippen molar-refractivity contribution in [2.45, 2.75) is 0 Å². The molecule has 0 N–H and O–H groups in total. The first-order valence-corrected chi connectivity index (χ1v) is 64.1. The molecule has 272 valence electrons. The van der Waals surface area contributed by atoms with E-state index >= 15 is 0 Å². The molecule has 0 aromatic carbocycles. The molecule has 0 radical (unpaired) electrons. The molecule has 0 spiro atoms. The van der Waals surface area contributed by atoms with Gasteiger partial charge in [-0.2, -0.15) is 0 Å². The van der Waals surface area contributed by atoms with Crippen molar-refractivity contribution in [3.8, 4) is 0 Å². The van der Waals surface area contributed by atoms with E-state index in [1.807, 2.05) is 216 Å². The number of rotatable bonds is 40. The molecule has 45 heavy (non-hydrogen) atoms. The van der Waals surface area contributed by atoms with E-state index in [9.17, 15) is 0 Å². The van der Waals surface area contributed by atoms with Gasteiger partial charge in [-0.05, 0) is 101 Å². The van der Waals surface area contributed by atoms with Crippen LogP contribution < -0.4 is 0 Å². The zero-order valence-corrected chi connectivity index (χ0v) is 54.2. The monoisotopic (exact) mass is 1410 g/mol. The molecular weight excluding hydrogens is 1410 g/mol. The van der Waals surface area contributed by atoms with Gasteiger partial charge in [0.15, 0.2) is 0 Å². The molecule has 0 atom stereocenters. The van der Waals surface area contributed by atoms with Crippen LogP contribution in [0.15, 0.2) is 0 Å². The van der Waals surface area contributed by atoms with E-state index in [1.165, 1.54) is 19.7 Å². The summed E-state index contributed by atoms with van der Waals surface area (Å²) in [5, 5.41) is 0. The van der Waals surface area contributed by atoms with E-state index in [0.717, 1.165) is 0 Å². The first kappa shape index (κ1) is 59.7. The van der Waals surface area contributed by atoms with Crippen molar-refractivity contribution < 1.29 is 4.18 Å². The number of hydrogen-bond donors (Lipinski definition) is 1. The summed E-state index contributed by atoms with van der Waals surface area (Å²) in [4.78, 5) is 0. The van der Waals surface area contributed by atoms with Gasteiger partial charge < -0.3 is 4.18 Å². The van der Waals surface area contributed by atoms with Crippen LogP contribution in [0.5, 0.6) is 0 Å². The van der Waals surface area contributed by atoms with Crippen molar-refractivity contribution in [2.75, 3.05) is 7.11 Å². The van der Waals surface area contributed by atoms with E-state index in [4.69, 9.17) is 26.6 Å². The Morgan fingerprint density at radius 3 is 0.622 bits per heavy atom. The van der Waals surface area contributed by atoms with Gasteiger partial charge in [0.05, 0.1) is 13.6 Å². The Kier molecular flexibility index (Phi) is 70.5. The van der Waals surface area contributed by atoms with Gasteiger partial charge in [0, 0.05) is 305 Å². The quantitative estimate of drug-likeness (QED) is 0.0354. The highest BCUT2D eigenvalue weighted by molar-refractivity contribution is 9.62. The third kappa shape index (κ3) is 54.8. The van der Waals surface area contributed by atoms with Gasteiger partial charge in [-0.3, -0.25) is 0 Å². The molecule has 0 aliphatic carbocycles. The normalized spacial score (nSPS) is 12.0. The predicted octanol–water partition coefficient (Wildman–Crippen LogP) is 25.8. The van der Waals surface area contributed by atoms with Crippen molar-refractivity contribution in [1.29, 1.82) is 0 Å². The minimum atomic E-state index is -1.79. The van der Waals surface area contributed by atoms with Crippen LogP contribution in [0.1, 0.15) is 0 Å². The second kappa shape index (κ2) is 53.1. The number of hydrogen-bond acceptors (Lipinski definition) is 43. The van der Waals surface area contributed by atoms with Gasteiger partial charge in [-0.25, -0.2) is 0 Å². The summed E-state index contributed by atoms with van der Waals surface area (Å²) in [6.45, 7) is -1.79. The Labute approximate surface area is 423 Å². The summed E-state index contributed by atoms with van der Waals surface area (Å²) >= 11 is 14.4. The predicted molar refractivity (Wildman–Crippen MR) is 334 cm³/mol. The molecule has 0 saturated carbocycles. The molecule has 44 heteroatoms. The first-order valence-electron chi connectivity index (χ1n) is 7.59. The lowest BCUT2D eigenvalue weighted by molar-refractivity contribution is 0.491. The van der Waals surface area contributed by atoms with Gasteiger partial charge in [-0.15, -0.1) is 0 Å². The minimum Gasteiger partial charge on any atom is -0.305 e. The SMILES string of the molecule is COS(=S)(=S)SSSSSSSSSSSSSSSSSSSSSSSSSSSSSSSSSSSSSSSS. The van der Waals surface area contributed by atoms with E-state index in [2.05, 4.69) is 11.7 Å². The lowest BCUT2D eigenvalue weighted by atomic mass is 11.8. The van der Waals surface area contributed by atoms with Crippen LogP contribution in [-0.4, -0.2) is 7.11 Å². The van der Waals surface area contributed by atoms with Gasteiger partial charge in [0.1, 0.15) is 0 Å². The van der Waals surface area contributed by atoms with Crippen LogP contribution in [0.2, 0.25) is 0 Å². The van der Waals surface area contributed by atoms with Crippen LogP contribution in [0.3, 0.4) is 0 Å². The van der Waals surface area contributed by atoms with Crippen LogP contribution in [0, 0.1) is 0 Å². The molecule has 0 bridgehead atoms. The average molecular weight is 1410 g/mol. The van der Waals surface area contributed by atoms with Gasteiger partial charge in [0.2, 0.25) is 0 Å². The summed E-state index contributed by atoms with van der Waals surface area (Å²) in [6, 6.07) is 0. The van der Waals surface area contributed by atoms with Crippen LogP contribution >= 0.6 is 395 Å². The highest BCUT2D eigenvalue weighted by atomic mass is 34.1. The van der Waals surface area contributed by atoms with Crippen molar-refractivity contribution in [3.63, 3.8) is 0 Å². The minimum absolute atomic E-state index is 1.46. The molecule has 0 aliphatic heterocycles. The Balaban J connectivity index is 3.07. The fraction of sp³-hybridized carbons (Fsp3) is 1.00. The standard InChI is InChI=1S/CH4OS43/c1-2-45(4,5)44-43-42-41-40-39-38-37-36-35-34-33-32-31-30-29-28-27-26-25-24-23-22-21-20-19-18-17-16-15-14-13-12-11-10-9-8-7-6-3/h3H,1H3. The Morgan fingerprint density at radius 1 is 0.311 bits per heavy atom. The molecule has 0 fully saturated rings. The van der Waals surface area contributed by atoms with E-state index in [-0.39, 0.29) is 0 Å². The smallest absolute Gasteiger partial charge is 0.0817 e. The Morgan fingerprint density at radius 2 is 0.467 bits per heavy atom. The highest BCUT2D eigenvalue weighted by Crippen LogP contribution is 2.68. The zero-order valence-electron chi connectivity index (χ0n) is 19.0. The maximum Gasteiger partial charge on any atom is 0.0817 e. The first-order chi connectivity index (χ1) is 22.1. The fourth-order valence-electron chi connectivity index (χ4n) is 0.482. The van der Waals surface area contributed by atoms with Crippen molar-refractivity contribution in [2.24, 2.45) is 0 Å². The van der Waals surface area contributed by atoms with Crippen LogP contribution in [-0.2, 0) is 33.0 Å². The third-order valence-corrected chi connectivity index (χ3v) is 92.8. The molecule has 0 rings (SSSR count). The average Bonchev–Trinajstić information content (AvgIpc) is 3.04. The molecular formula is CH4OS43. The zero-order chi connectivity index (χ0) is 32.8. The van der Waals surface area contributed by atoms with Crippen molar-refractivity contribution in [3.05, 3.63) is 0 Å². The molecule has 0 aliphatic rings. The van der Waals surface area contributed by atoms with E-state index in [0.29, 0.717) is 0 Å². The summed E-state index contributed by atoms with van der Waals surface area (Å²) in [6.07, 6.45) is 0. The van der Waals surface area contributed by atoms with Gasteiger partial charge in [-0.1, -0.05) is 11.7 Å². The lowest BCUT2D eigenvalue weighted by Gasteiger charge is -2.03. The van der Waals surface area contributed by atoms with E-state index < -0.39 is 6.46 Å². The number of thiol groups is 1. The third-order valence-electron chi connectivity index (χ3n) is 1.35. The topological polar surface area (TPSA) is 9.23 Å². The summed E-state index contributed by atoms with van der Waals surface area (Å²) in [5.41, 5.74) is 0. The van der Waals surface area contributed by atoms with Gasteiger partial charge in [0.25, 0.3) is 0 Å². The lowest BCUT2D eigenvalue weighted by Crippen LogP contribution is -1.87. The maximum absolute atomic E-state index is 5.16. The van der Waals surface area contributed by atoms with E-state index in [1.54, 1.807) is 154 Å². The molecule has 0 unspecified atom stereocenters. The second-order valence-corrected chi connectivity index (χ2v) is 79.7. The highest BCUT2D eigenvalue weighted by Gasteiger charge is 2.05. The molecule has 1 nitrogen and oxygen atoms in total. The van der Waals surface area contributed by atoms with Crippen molar-refractivity contribution >= 4 is 424 Å². The summed E-state index contributed by atoms with van der Waals surface area (Å²) in [7, 11) is 70.8. The molecule has 0 aromatic heterocycles. The Bertz CT molecular complexity index is 624. The summed E-state index contributed by atoms with van der Waals surface area (Å²) in [5.74, 6) is 0. The second-order valence-electron chi connectivity index (χ2n) is 3.24. The molecule has 0 heterocycles. The fourth-order valence-corrected chi connectivity index (χ4v) is 109. The van der Waals surface area contributed by atoms with Gasteiger partial charge >= 0.3 is 0 Å². The molecule has 0 aromatic rings. The van der Waals surface area contributed by atoms with Crippen LogP contribution in [0.4, 0.5) is 0 Å². The Hall–Kier alpha value is 14.7. The maximum atomic E-state index is 5.16. The largest absolute Gasteiger partial charge is 0.305 e. The van der Waals surface area contributed by atoms with Crippen molar-refractivity contribution in [1.82, 2.24) is 0 Å². The molecule has 0 saturated heterocycles. The molecule has 0 amide bonds. The summed E-state index contributed by atoms with van der Waals surface area (Å²) < 4.78 is 5.10.